The summed E-state index contributed by atoms with van der Waals surface area (Å²) in [6.45, 7) is 8.20. The summed E-state index contributed by atoms with van der Waals surface area (Å²) in [5.74, 6) is -0.103. The molecule has 4 rings (SSSR count). The Morgan fingerprint density at radius 1 is 1.00 bits per heavy atom. The Morgan fingerprint density at radius 2 is 1.77 bits per heavy atom. The average Bonchev–Trinajstić information content (AvgIpc) is 2.93. The van der Waals surface area contributed by atoms with Crippen molar-refractivity contribution in [1.29, 1.82) is 0 Å². The predicted octanol–water partition coefficient (Wildman–Crippen LogP) is 2.89. The number of ether oxygens (including phenoxy) is 1. The molecular formula is C29H36N6O4. The molecule has 2 amide bonds. The molecule has 10 nitrogen and oxygen atoms in total. The zero-order valence-electron chi connectivity index (χ0n) is 22.6. The Balaban J connectivity index is 1.33. The van der Waals surface area contributed by atoms with Crippen LogP contribution in [0.15, 0.2) is 65.5 Å². The van der Waals surface area contributed by atoms with E-state index in [1.165, 1.54) is 10.7 Å². The van der Waals surface area contributed by atoms with Crippen LogP contribution in [0.25, 0.3) is 11.3 Å². The third kappa shape index (κ3) is 8.23. The molecule has 0 aliphatic carbocycles. The second-order valence-electron chi connectivity index (χ2n) is 9.59. The molecule has 1 aliphatic rings. The Kier molecular flexibility index (Phi) is 9.82. The van der Waals surface area contributed by atoms with Gasteiger partial charge in [0.05, 0.1) is 18.8 Å². The van der Waals surface area contributed by atoms with E-state index in [9.17, 15) is 14.4 Å². The van der Waals surface area contributed by atoms with Gasteiger partial charge in [0.1, 0.15) is 0 Å². The van der Waals surface area contributed by atoms with Crippen molar-refractivity contribution in [1.82, 2.24) is 24.9 Å². The van der Waals surface area contributed by atoms with Crippen LogP contribution in [0.3, 0.4) is 0 Å². The Bertz CT molecular complexity index is 1320. The second kappa shape index (κ2) is 13.7. The summed E-state index contributed by atoms with van der Waals surface area (Å²) < 4.78 is 6.29. The standard InChI is InChI=1S/C29H36N6O4/c1-3-39-29(38)31-25-7-4-6-22(20-25)21-35-27(36)13-12-26(32-35)23-8-10-24(11-9-23)28(37)30-14-5-15-34-18-16-33(2)17-19-34/h4,6-13,20H,3,5,14-19,21H2,1-2H3,(H,30,37)(H,31,38). The van der Waals surface area contributed by atoms with Crippen molar-refractivity contribution in [2.75, 3.05) is 58.2 Å². The molecule has 2 heterocycles. The zero-order chi connectivity index (χ0) is 27.6. The van der Waals surface area contributed by atoms with Crippen LogP contribution in [0.2, 0.25) is 0 Å². The van der Waals surface area contributed by atoms with Crippen LogP contribution in [0, 0.1) is 0 Å². The molecule has 2 N–H and O–H groups in total. The monoisotopic (exact) mass is 532 g/mol. The molecule has 0 atom stereocenters. The number of rotatable bonds is 10. The number of hydrogen-bond acceptors (Lipinski definition) is 7. The Labute approximate surface area is 228 Å². The van der Waals surface area contributed by atoms with Gasteiger partial charge in [-0.1, -0.05) is 24.3 Å². The summed E-state index contributed by atoms with van der Waals surface area (Å²) >= 11 is 0. The van der Waals surface area contributed by atoms with Crippen LogP contribution < -0.4 is 16.2 Å². The lowest BCUT2D eigenvalue weighted by atomic mass is 10.1. The number of carbonyl (C=O) groups excluding carboxylic acids is 2. The third-order valence-corrected chi connectivity index (χ3v) is 6.62. The summed E-state index contributed by atoms with van der Waals surface area (Å²) in [5, 5.41) is 10.2. The van der Waals surface area contributed by atoms with E-state index in [0.717, 1.165) is 50.3 Å². The van der Waals surface area contributed by atoms with Gasteiger partial charge in [-0.25, -0.2) is 9.48 Å². The number of anilines is 1. The lowest BCUT2D eigenvalue weighted by Gasteiger charge is -2.32. The van der Waals surface area contributed by atoms with Gasteiger partial charge in [-0.3, -0.25) is 14.9 Å². The van der Waals surface area contributed by atoms with Gasteiger partial charge in [-0.15, -0.1) is 0 Å². The van der Waals surface area contributed by atoms with Crippen LogP contribution in [-0.2, 0) is 11.3 Å². The molecule has 10 heteroatoms. The first-order valence-corrected chi connectivity index (χ1v) is 13.3. The molecule has 0 spiro atoms. The Morgan fingerprint density at radius 3 is 2.51 bits per heavy atom. The smallest absolute Gasteiger partial charge is 0.411 e. The van der Waals surface area contributed by atoms with E-state index in [4.69, 9.17) is 4.74 Å². The number of carbonyl (C=O) groups is 2. The van der Waals surface area contributed by atoms with Crippen LogP contribution >= 0.6 is 0 Å². The van der Waals surface area contributed by atoms with Crippen LogP contribution in [0.4, 0.5) is 10.5 Å². The normalized spacial score (nSPS) is 14.1. The van der Waals surface area contributed by atoms with Gasteiger partial charge in [0.15, 0.2) is 0 Å². The minimum Gasteiger partial charge on any atom is -0.450 e. The first kappa shape index (κ1) is 28.0. The number of amides is 2. The van der Waals surface area contributed by atoms with Crippen LogP contribution in [-0.4, -0.2) is 84.5 Å². The second-order valence-corrected chi connectivity index (χ2v) is 9.59. The quantitative estimate of drug-likeness (QED) is 0.387. The first-order valence-electron chi connectivity index (χ1n) is 13.3. The third-order valence-electron chi connectivity index (χ3n) is 6.62. The average molecular weight is 533 g/mol. The number of piperazine rings is 1. The number of benzene rings is 2. The molecule has 0 bridgehead atoms. The van der Waals surface area contributed by atoms with Crippen molar-refractivity contribution < 1.29 is 14.3 Å². The fourth-order valence-corrected chi connectivity index (χ4v) is 4.39. The topological polar surface area (TPSA) is 109 Å². The van der Waals surface area contributed by atoms with E-state index < -0.39 is 6.09 Å². The molecule has 0 saturated carbocycles. The molecule has 206 valence electrons. The minimum atomic E-state index is -0.533. The lowest BCUT2D eigenvalue weighted by Crippen LogP contribution is -2.45. The fourth-order valence-electron chi connectivity index (χ4n) is 4.39. The highest BCUT2D eigenvalue weighted by Crippen LogP contribution is 2.17. The summed E-state index contributed by atoms with van der Waals surface area (Å²) in [6, 6.07) is 17.5. The number of nitrogens with zero attached hydrogens (tertiary/aromatic N) is 4. The molecule has 1 aromatic heterocycles. The summed E-state index contributed by atoms with van der Waals surface area (Å²) in [6.07, 6.45) is 0.385. The van der Waals surface area contributed by atoms with Gasteiger partial charge in [0, 0.05) is 55.6 Å². The Hall–Kier alpha value is -4.02. The summed E-state index contributed by atoms with van der Waals surface area (Å²) in [4.78, 5) is 41.6. The predicted molar refractivity (Wildman–Crippen MR) is 151 cm³/mol. The molecular weight excluding hydrogens is 496 g/mol. The zero-order valence-corrected chi connectivity index (χ0v) is 22.6. The van der Waals surface area contributed by atoms with Gasteiger partial charge < -0.3 is 19.9 Å². The van der Waals surface area contributed by atoms with E-state index in [0.29, 0.717) is 23.5 Å². The van der Waals surface area contributed by atoms with Gasteiger partial charge in [-0.05, 0) is 62.8 Å². The number of likely N-dealkylation sites (N-methyl/N-ethyl adjacent to an activating group) is 1. The highest BCUT2D eigenvalue weighted by atomic mass is 16.5. The largest absolute Gasteiger partial charge is 0.450 e. The van der Waals surface area contributed by atoms with E-state index in [1.54, 1.807) is 43.3 Å². The van der Waals surface area contributed by atoms with E-state index >= 15 is 0 Å². The number of hydrogen-bond donors (Lipinski definition) is 2. The molecule has 39 heavy (non-hydrogen) atoms. The van der Waals surface area contributed by atoms with E-state index in [2.05, 4.69) is 32.6 Å². The summed E-state index contributed by atoms with van der Waals surface area (Å²) in [5.41, 5.74) is 3.13. The molecule has 0 radical (unpaired) electrons. The van der Waals surface area contributed by atoms with E-state index in [1.807, 2.05) is 18.2 Å². The SMILES string of the molecule is CCOC(=O)Nc1cccc(Cn2nc(-c3ccc(C(=O)NCCCN4CCN(C)CC4)cc3)ccc2=O)c1. The molecule has 1 fully saturated rings. The van der Waals surface area contributed by atoms with Crippen molar-refractivity contribution in [3.63, 3.8) is 0 Å². The maximum atomic E-state index is 12.6. The molecule has 1 aliphatic heterocycles. The fraction of sp³-hybridized carbons (Fsp3) is 0.379. The van der Waals surface area contributed by atoms with Gasteiger partial charge >= 0.3 is 6.09 Å². The van der Waals surface area contributed by atoms with Gasteiger partial charge in [0.25, 0.3) is 11.5 Å². The maximum Gasteiger partial charge on any atom is 0.411 e. The van der Waals surface area contributed by atoms with Crippen molar-refractivity contribution in [2.45, 2.75) is 19.9 Å². The van der Waals surface area contributed by atoms with Crippen molar-refractivity contribution in [3.05, 3.63) is 82.1 Å². The van der Waals surface area contributed by atoms with Crippen molar-refractivity contribution in [2.24, 2.45) is 0 Å². The van der Waals surface area contributed by atoms with E-state index in [-0.39, 0.29) is 24.6 Å². The van der Waals surface area contributed by atoms with Crippen molar-refractivity contribution >= 4 is 17.7 Å². The first-order chi connectivity index (χ1) is 18.9. The number of nitrogens with one attached hydrogen (secondary N) is 2. The summed E-state index contributed by atoms with van der Waals surface area (Å²) in [7, 11) is 2.14. The molecule has 2 aromatic carbocycles. The minimum absolute atomic E-state index is 0.103. The van der Waals surface area contributed by atoms with Crippen LogP contribution in [0.1, 0.15) is 29.3 Å². The van der Waals surface area contributed by atoms with Gasteiger partial charge in [-0.2, -0.15) is 5.10 Å². The lowest BCUT2D eigenvalue weighted by molar-refractivity contribution is 0.0949. The van der Waals surface area contributed by atoms with Gasteiger partial charge in [0.2, 0.25) is 0 Å². The molecule has 0 unspecified atom stereocenters. The highest BCUT2D eigenvalue weighted by molar-refractivity contribution is 5.94. The maximum absolute atomic E-state index is 12.6. The highest BCUT2D eigenvalue weighted by Gasteiger charge is 2.13. The number of aromatic nitrogens is 2. The van der Waals surface area contributed by atoms with Crippen molar-refractivity contribution in [3.8, 4) is 11.3 Å². The molecule has 3 aromatic rings. The molecule has 1 saturated heterocycles. The van der Waals surface area contributed by atoms with Crippen LogP contribution in [0.5, 0.6) is 0 Å².